The van der Waals surface area contributed by atoms with E-state index >= 15 is 0 Å². The van der Waals surface area contributed by atoms with E-state index < -0.39 is 0 Å². The minimum atomic E-state index is -0.265. The lowest BCUT2D eigenvalue weighted by molar-refractivity contribution is -0.115. The van der Waals surface area contributed by atoms with E-state index in [0.717, 1.165) is 33.0 Å². The van der Waals surface area contributed by atoms with Gasteiger partial charge in [-0.1, -0.05) is 42.1 Å². The van der Waals surface area contributed by atoms with Gasteiger partial charge in [0.15, 0.2) is 0 Å². The molecule has 1 heterocycles. The number of hydrogen-bond donors (Lipinski definition) is 1. The number of fused-ring (bicyclic) bond motifs is 1. The Bertz CT molecular complexity index is 895. The first-order valence-corrected chi connectivity index (χ1v) is 8.69. The molecule has 0 aliphatic rings. The number of amides is 1. The first-order valence-electron chi connectivity index (χ1n) is 7.81. The second-order valence-corrected chi connectivity index (χ2v) is 7.00. The Morgan fingerprint density at radius 1 is 1.00 bits per heavy atom. The van der Waals surface area contributed by atoms with Crippen LogP contribution in [0.1, 0.15) is 18.2 Å². The van der Waals surface area contributed by atoms with Gasteiger partial charge < -0.3 is 5.32 Å². The van der Waals surface area contributed by atoms with Crippen molar-refractivity contribution in [1.29, 1.82) is 0 Å². The quantitative estimate of drug-likeness (QED) is 0.719. The molecule has 0 saturated carbocycles. The summed E-state index contributed by atoms with van der Waals surface area (Å²) in [6, 6.07) is 15.5. The van der Waals surface area contributed by atoms with Crippen LogP contribution in [0.25, 0.3) is 11.0 Å². The van der Waals surface area contributed by atoms with Gasteiger partial charge in [0.2, 0.25) is 5.91 Å². The van der Waals surface area contributed by atoms with Gasteiger partial charge in [0.1, 0.15) is 5.03 Å². The van der Waals surface area contributed by atoms with Crippen LogP contribution in [0.5, 0.6) is 0 Å². The summed E-state index contributed by atoms with van der Waals surface area (Å²) in [6.07, 6.45) is 0. The zero-order valence-electron chi connectivity index (χ0n) is 13.9. The Balaban J connectivity index is 1.76. The summed E-state index contributed by atoms with van der Waals surface area (Å²) >= 11 is 1.43. The van der Waals surface area contributed by atoms with Crippen molar-refractivity contribution in [3.63, 3.8) is 0 Å². The molecule has 3 rings (SSSR count). The number of thioether (sulfide) groups is 1. The summed E-state index contributed by atoms with van der Waals surface area (Å²) in [6.45, 7) is 5.79. The highest BCUT2D eigenvalue weighted by atomic mass is 32.2. The first-order chi connectivity index (χ1) is 11.5. The van der Waals surface area contributed by atoms with Gasteiger partial charge in [0, 0.05) is 5.69 Å². The van der Waals surface area contributed by atoms with Crippen LogP contribution in [0.3, 0.4) is 0 Å². The number of aryl methyl sites for hydroxylation is 2. The number of nitrogens with one attached hydrogen (secondary N) is 1. The smallest absolute Gasteiger partial charge is 0.237 e. The molecule has 0 spiro atoms. The molecule has 3 aromatic rings. The maximum Gasteiger partial charge on any atom is 0.237 e. The van der Waals surface area contributed by atoms with Crippen LogP contribution in [0, 0.1) is 13.8 Å². The molecule has 0 fully saturated rings. The molecule has 4 nitrogen and oxygen atoms in total. The van der Waals surface area contributed by atoms with Crippen molar-refractivity contribution in [2.45, 2.75) is 31.0 Å². The molecule has 0 bridgehead atoms. The van der Waals surface area contributed by atoms with Crippen LogP contribution < -0.4 is 5.32 Å². The van der Waals surface area contributed by atoms with Crippen LogP contribution in [-0.2, 0) is 4.79 Å². The molecular formula is C19H19N3OS. The predicted octanol–water partition coefficient (Wildman–Crippen LogP) is 4.37. The fraction of sp³-hybridized carbons (Fsp3) is 0.211. The van der Waals surface area contributed by atoms with Crippen LogP contribution in [-0.4, -0.2) is 21.1 Å². The van der Waals surface area contributed by atoms with Crippen molar-refractivity contribution in [2.75, 3.05) is 5.32 Å². The number of aromatic nitrogens is 2. The summed E-state index contributed by atoms with van der Waals surface area (Å²) in [4.78, 5) is 21.7. The molecule has 1 N–H and O–H groups in total. The Morgan fingerprint density at radius 3 is 2.33 bits per heavy atom. The molecular weight excluding hydrogens is 318 g/mol. The third-order valence-electron chi connectivity index (χ3n) is 3.76. The average molecular weight is 337 g/mol. The van der Waals surface area contributed by atoms with E-state index in [1.807, 2.05) is 69.3 Å². The summed E-state index contributed by atoms with van der Waals surface area (Å²) < 4.78 is 0. The van der Waals surface area contributed by atoms with E-state index in [0.29, 0.717) is 0 Å². The van der Waals surface area contributed by atoms with Crippen molar-refractivity contribution in [3.05, 3.63) is 59.8 Å². The van der Waals surface area contributed by atoms with Crippen LogP contribution in [0.2, 0.25) is 0 Å². The lowest BCUT2D eigenvalue weighted by Crippen LogP contribution is -2.23. The third kappa shape index (κ3) is 3.57. The summed E-state index contributed by atoms with van der Waals surface area (Å²) in [7, 11) is 0. The van der Waals surface area contributed by atoms with Gasteiger partial charge in [0.05, 0.1) is 22.0 Å². The third-order valence-corrected chi connectivity index (χ3v) is 4.94. The second-order valence-electron chi connectivity index (χ2n) is 5.67. The van der Waals surface area contributed by atoms with Gasteiger partial charge >= 0.3 is 0 Å². The number of carbonyl (C=O) groups excluding carboxylic acids is 1. The molecule has 1 unspecified atom stereocenters. The molecule has 2 aromatic carbocycles. The molecule has 122 valence electrons. The summed E-state index contributed by atoms with van der Waals surface area (Å²) in [5, 5.41) is 3.51. The summed E-state index contributed by atoms with van der Waals surface area (Å²) in [5.41, 5.74) is 4.45. The van der Waals surface area contributed by atoms with E-state index in [2.05, 4.69) is 15.3 Å². The zero-order chi connectivity index (χ0) is 17.1. The molecule has 0 aliphatic carbocycles. The second kappa shape index (κ2) is 7.01. The van der Waals surface area contributed by atoms with E-state index in [4.69, 9.17) is 0 Å². The standard InChI is InChI=1S/C19H19N3OS/c1-12-8-4-5-9-15(12)21-18(23)14(3)24-19-13(2)20-16-10-6-7-11-17(16)22-19/h4-11,14H,1-3H3,(H,21,23). The lowest BCUT2D eigenvalue weighted by Gasteiger charge is -2.14. The lowest BCUT2D eigenvalue weighted by atomic mass is 10.2. The van der Waals surface area contributed by atoms with Gasteiger partial charge in [-0.15, -0.1) is 0 Å². The highest BCUT2D eigenvalue weighted by molar-refractivity contribution is 8.00. The molecule has 1 atom stereocenters. The number of rotatable bonds is 4. The zero-order valence-corrected chi connectivity index (χ0v) is 14.7. The highest BCUT2D eigenvalue weighted by Crippen LogP contribution is 2.27. The van der Waals surface area contributed by atoms with E-state index in [1.165, 1.54) is 11.8 Å². The maximum atomic E-state index is 12.5. The van der Waals surface area contributed by atoms with Crippen LogP contribution in [0.15, 0.2) is 53.6 Å². The molecule has 1 aromatic heterocycles. The van der Waals surface area contributed by atoms with Crippen molar-refractivity contribution >= 4 is 34.4 Å². The Morgan fingerprint density at radius 2 is 1.62 bits per heavy atom. The predicted molar refractivity (Wildman–Crippen MR) is 99.4 cm³/mol. The van der Waals surface area contributed by atoms with Gasteiger partial charge in [-0.05, 0) is 44.5 Å². The van der Waals surface area contributed by atoms with Gasteiger partial charge in [0.25, 0.3) is 0 Å². The number of para-hydroxylation sites is 3. The number of carbonyl (C=O) groups is 1. The van der Waals surface area contributed by atoms with Crippen molar-refractivity contribution in [3.8, 4) is 0 Å². The monoisotopic (exact) mass is 337 g/mol. The van der Waals surface area contributed by atoms with Crippen LogP contribution in [0.4, 0.5) is 5.69 Å². The fourth-order valence-corrected chi connectivity index (χ4v) is 3.22. The topological polar surface area (TPSA) is 54.9 Å². The summed E-state index contributed by atoms with van der Waals surface area (Å²) in [5.74, 6) is -0.0383. The Kier molecular flexibility index (Phi) is 4.81. The molecule has 0 aliphatic heterocycles. The van der Waals surface area contributed by atoms with E-state index in [9.17, 15) is 4.79 Å². The largest absolute Gasteiger partial charge is 0.325 e. The highest BCUT2D eigenvalue weighted by Gasteiger charge is 2.18. The van der Waals surface area contributed by atoms with Crippen molar-refractivity contribution in [2.24, 2.45) is 0 Å². The normalized spacial score (nSPS) is 12.1. The Hall–Kier alpha value is -2.40. The van der Waals surface area contributed by atoms with Gasteiger partial charge in [-0.2, -0.15) is 0 Å². The fourth-order valence-electron chi connectivity index (χ4n) is 2.35. The van der Waals surface area contributed by atoms with Gasteiger partial charge in [-0.3, -0.25) is 4.79 Å². The first kappa shape index (κ1) is 16.5. The molecule has 1 amide bonds. The number of nitrogens with zero attached hydrogens (tertiary/aromatic N) is 2. The minimum Gasteiger partial charge on any atom is -0.325 e. The van der Waals surface area contributed by atoms with Gasteiger partial charge in [-0.25, -0.2) is 9.97 Å². The van der Waals surface area contributed by atoms with Crippen LogP contribution >= 0.6 is 11.8 Å². The average Bonchev–Trinajstić information content (AvgIpc) is 2.57. The SMILES string of the molecule is Cc1ccccc1NC(=O)C(C)Sc1nc2ccccc2nc1C. The molecule has 0 radical (unpaired) electrons. The minimum absolute atomic E-state index is 0.0383. The van der Waals surface area contributed by atoms with Crippen molar-refractivity contribution < 1.29 is 4.79 Å². The number of anilines is 1. The molecule has 0 saturated heterocycles. The maximum absolute atomic E-state index is 12.5. The number of hydrogen-bond acceptors (Lipinski definition) is 4. The molecule has 5 heteroatoms. The van der Waals surface area contributed by atoms with E-state index in [-0.39, 0.29) is 11.2 Å². The molecule has 24 heavy (non-hydrogen) atoms. The van der Waals surface area contributed by atoms with E-state index in [1.54, 1.807) is 0 Å². The number of benzene rings is 2. The Labute approximate surface area is 145 Å². The van der Waals surface area contributed by atoms with Crippen molar-refractivity contribution in [1.82, 2.24) is 9.97 Å².